The van der Waals surface area contributed by atoms with Crippen molar-refractivity contribution in [3.63, 3.8) is 0 Å². The van der Waals surface area contributed by atoms with Crippen LogP contribution in [0.4, 0.5) is 0 Å². The third-order valence-corrected chi connectivity index (χ3v) is 2.24. The Labute approximate surface area is 72.5 Å². The number of hydrogen-bond acceptors (Lipinski definition) is 2. The van der Waals surface area contributed by atoms with Gasteiger partial charge in [0, 0.05) is 18.9 Å². The molecule has 1 amide bonds. The van der Waals surface area contributed by atoms with Gasteiger partial charge in [0.05, 0.1) is 0 Å². The van der Waals surface area contributed by atoms with Crippen LogP contribution in [0, 0.1) is 5.92 Å². The molecular weight excluding hydrogens is 154 g/mol. The first-order valence-electron chi connectivity index (χ1n) is 4.47. The lowest BCUT2D eigenvalue weighted by molar-refractivity contribution is -0.127. The smallest absolute Gasteiger partial charge is 0.223 e. The monoisotopic (exact) mass is 169 g/mol. The molecular formula is C9H15NO2. The molecule has 12 heavy (non-hydrogen) atoms. The van der Waals surface area contributed by atoms with Gasteiger partial charge in [0.1, 0.15) is 5.78 Å². The minimum atomic E-state index is 0.0858. The van der Waals surface area contributed by atoms with E-state index in [4.69, 9.17) is 0 Å². The molecule has 0 aromatic carbocycles. The fraction of sp³-hybridized carbons (Fsp3) is 0.778. The average Bonchev–Trinajstić information content (AvgIpc) is 2.03. The number of amides is 1. The lowest BCUT2D eigenvalue weighted by Crippen LogP contribution is -2.36. The highest BCUT2D eigenvalue weighted by Crippen LogP contribution is 2.16. The van der Waals surface area contributed by atoms with Gasteiger partial charge in [-0.2, -0.15) is 0 Å². The van der Waals surface area contributed by atoms with Crippen molar-refractivity contribution in [2.75, 3.05) is 6.54 Å². The van der Waals surface area contributed by atoms with Crippen LogP contribution in [0.15, 0.2) is 0 Å². The van der Waals surface area contributed by atoms with Crippen LogP contribution in [0.1, 0.15) is 32.6 Å². The molecule has 1 atom stereocenters. The van der Waals surface area contributed by atoms with Crippen molar-refractivity contribution in [3.8, 4) is 0 Å². The third kappa shape index (κ3) is 2.64. The highest BCUT2D eigenvalue weighted by molar-refractivity contribution is 5.81. The summed E-state index contributed by atoms with van der Waals surface area (Å²) in [4.78, 5) is 21.8. The van der Waals surface area contributed by atoms with E-state index in [0.717, 1.165) is 25.8 Å². The summed E-state index contributed by atoms with van der Waals surface area (Å²) in [5.41, 5.74) is 0. The third-order valence-electron chi connectivity index (χ3n) is 2.24. The molecule has 0 radical (unpaired) electrons. The van der Waals surface area contributed by atoms with Crippen molar-refractivity contribution in [2.24, 2.45) is 5.92 Å². The summed E-state index contributed by atoms with van der Waals surface area (Å²) in [6.07, 6.45) is 3.26. The predicted octanol–water partition coefficient (Wildman–Crippen LogP) is 0.882. The maximum atomic E-state index is 11.2. The number of nitrogens with one attached hydrogen (secondary N) is 1. The van der Waals surface area contributed by atoms with Crippen molar-refractivity contribution in [2.45, 2.75) is 32.6 Å². The van der Waals surface area contributed by atoms with E-state index >= 15 is 0 Å². The Morgan fingerprint density at radius 3 is 3.00 bits per heavy atom. The van der Waals surface area contributed by atoms with Crippen molar-refractivity contribution in [1.82, 2.24) is 5.32 Å². The van der Waals surface area contributed by atoms with Crippen molar-refractivity contribution in [3.05, 3.63) is 0 Å². The Balaban J connectivity index is 2.29. The Bertz CT molecular complexity index is 189. The van der Waals surface area contributed by atoms with Gasteiger partial charge in [-0.3, -0.25) is 4.79 Å². The van der Waals surface area contributed by atoms with Crippen LogP contribution >= 0.6 is 0 Å². The number of Topliss-reactive ketones (excluding diaryl/α,β-unsaturated/α-hetero) is 1. The van der Waals surface area contributed by atoms with Crippen LogP contribution in [0.3, 0.4) is 0 Å². The zero-order valence-corrected chi connectivity index (χ0v) is 7.43. The Morgan fingerprint density at radius 1 is 1.67 bits per heavy atom. The van der Waals surface area contributed by atoms with E-state index in [-0.39, 0.29) is 17.6 Å². The molecule has 1 aliphatic heterocycles. The molecule has 0 spiro atoms. The van der Waals surface area contributed by atoms with Crippen LogP contribution in [-0.4, -0.2) is 18.2 Å². The van der Waals surface area contributed by atoms with Gasteiger partial charge in [0.2, 0.25) is 5.91 Å². The maximum absolute atomic E-state index is 11.2. The molecule has 1 heterocycles. The second-order valence-electron chi connectivity index (χ2n) is 3.37. The van der Waals surface area contributed by atoms with Crippen LogP contribution in [-0.2, 0) is 9.59 Å². The van der Waals surface area contributed by atoms with Gasteiger partial charge in [-0.05, 0) is 26.2 Å². The van der Waals surface area contributed by atoms with Gasteiger partial charge >= 0.3 is 0 Å². The van der Waals surface area contributed by atoms with E-state index in [1.807, 2.05) is 0 Å². The highest BCUT2D eigenvalue weighted by atomic mass is 16.2. The van der Waals surface area contributed by atoms with Crippen LogP contribution in [0.2, 0.25) is 0 Å². The largest absolute Gasteiger partial charge is 0.356 e. The number of carbonyl (C=O) groups is 2. The molecule has 0 aromatic heterocycles. The fourth-order valence-corrected chi connectivity index (χ4v) is 1.49. The van der Waals surface area contributed by atoms with Crippen LogP contribution in [0.25, 0.3) is 0 Å². The minimum Gasteiger partial charge on any atom is -0.356 e. The molecule has 1 aliphatic rings. The topological polar surface area (TPSA) is 46.2 Å². The summed E-state index contributed by atoms with van der Waals surface area (Å²) < 4.78 is 0. The van der Waals surface area contributed by atoms with Gasteiger partial charge in [-0.1, -0.05) is 0 Å². The number of ketones is 1. The Hall–Kier alpha value is -0.860. The summed E-state index contributed by atoms with van der Waals surface area (Å²) in [5, 5.41) is 2.81. The van der Waals surface area contributed by atoms with E-state index in [9.17, 15) is 9.59 Å². The van der Waals surface area contributed by atoms with Crippen LogP contribution < -0.4 is 5.32 Å². The lowest BCUT2D eigenvalue weighted by Gasteiger charge is -2.20. The summed E-state index contributed by atoms with van der Waals surface area (Å²) in [6.45, 7) is 2.37. The first-order valence-corrected chi connectivity index (χ1v) is 4.47. The molecule has 68 valence electrons. The number of piperidine rings is 1. The number of carbonyl (C=O) groups excluding carboxylic acids is 2. The van der Waals surface area contributed by atoms with E-state index in [1.54, 1.807) is 6.92 Å². The average molecular weight is 169 g/mol. The summed E-state index contributed by atoms with van der Waals surface area (Å²) in [6, 6.07) is 0. The molecule has 1 rings (SSSR count). The summed E-state index contributed by atoms with van der Waals surface area (Å²) >= 11 is 0. The maximum Gasteiger partial charge on any atom is 0.223 e. The second-order valence-corrected chi connectivity index (χ2v) is 3.37. The molecule has 1 fully saturated rings. The highest BCUT2D eigenvalue weighted by Gasteiger charge is 2.21. The molecule has 0 aromatic rings. The van der Waals surface area contributed by atoms with Gasteiger partial charge < -0.3 is 10.1 Å². The first-order chi connectivity index (χ1) is 5.70. The zero-order valence-electron chi connectivity index (χ0n) is 7.43. The predicted molar refractivity (Wildman–Crippen MR) is 45.6 cm³/mol. The van der Waals surface area contributed by atoms with Crippen molar-refractivity contribution in [1.29, 1.82) is 0 Å². The molecule has 0 saturated carbocycles. The van der Waals surface area contributed by atoms with E-state index in [2.05, 4.69) is 5.32 Å². The Kier molecular flexibility index (Phi) is 3.26. The lowest BCUT2D eigenvalue weighted by atomic mass is 9.93. The molecule has 3 nitrogen and oxygen atoms in total. The zero-order chi connectivity index (χ0) is 8.97. The molecule has 3 heteroatoms. The summed E-state index contributed by atoms with van der Waals surface area (Å²) in [5.74, 6) is 0.388. The molecule has 1 saturated heterocycles. The minimum absolute atomic E-state index is 0.0858. The van der Waals surface area contributed by atoms with Gasteiger partial charge in [0.25, 0.3) is 0 Å². The van der Waals surface area contributed by atoms with Crippen LogP contribution in [0.5, 0.6) is 0 Å². The van der Waals surface area contributed by atoms with Gasteiger partial charge in [-0.15, -0.1) is 0 Å². The summed E-state index contributed by atoms with van der Waals surface area (Å²) in [7, 11) is 0. The van der Waals surface area contributed by atoms with Crippen molar-refractivity contribution >= 4 is 11.7 Å². The number of hydrogen-bond donors (Lipinski definition) is 1. The SMILES string of the molecule is CC(=O)CC[C@H]1CCCNC1=O. The Morgan fingerprint density at radius 2 is 2.42 bits per heavy atom. The van der Waals surface area contributed by atoms with E-state index in [0.29, 0.717) is 6.42 Å². The molecule has 1 N–H and O–H groups in total. The van der Waals surface area contributed by atoms with E-state index < -0.39 is 0 Å². The second kappa shape index (κ2) is 4.24. The molecule has 0 bridgehead atoms. The van der Waals surface area contributed by atoms with Gasteiger partial charge in [-0.25, -0.2) is 0 Å². The fourth-order valence-electron chi connectivity index (χ4n) is 1.49. The van der Waals surface area contributed by atoms with Gasteiger partial charge in [0.15, 0.2) is 0 Å². The first kappa shape index (κ1) is 9.23. The number of rotatable bonds is 3. The normalized spacial score (nSPS) is 23.4. The molecule has 0 unspecified atom stereocenters. The van der Waals surface area contributed by atoms with E-state index in [1.165, 1.54) is 0 Å². The molecule has 0 aliphatic carbocycles. The van der Waals surface area contributed by atoms with Crippen molar-refractivity contribution < 1.29 is 9.59 Å². The standard InChI is InChI=1S/C9H15NO2/c1-7(11)4-5-8-3-2-6-10-9(8)12/h8H,2-6H2,1H3,(H,10,12)/t8-/m1/s1. The quantitative estimate of drug-likeness (QED) is 0.681.